The van der Waals surface area contributed by atoms with Crippen molar-refractivity contribution in [2.45, 2.75) is 19.0 Å². The summed E-state index contributed by atoms with van der Waals surface area (Å²) in [5.74, 6) is 0. The van der Waals surface area contributed by atoms with Gasteiger partial charge < -0.3 is 15.1 Å². The molecule has 1 aromatic rings. The third-order valence-corrected chi connectivity index (χ3v) is 3.92. The number of piperazine rings is 1. The predicted octanol–water partition coefficient (Wildman–Crippen LogP) is 2.18. The van der Waals surface area contributed by atoms with Gasteiger partial charge in [0.25, 0.3) is 0 Å². The number of halogens is 1. The molecule has 1 aliphatic rings. The Kier molecular flexibility index (Phi) is 4.65. The quantitative estimate of drug-likeness (QED) is 0.923. The zero-order valence-corrected chi connectivity index (χ0v) is 12.9. The molecule has 0 amide bonds. The summed E-state index contributed by atoms with van der Waals surface area (Å²) < 4.78 is 1.14. The van der Waals surface area contributed by atoms with Crippen molar-refractivity contribution < 1.29 is 0 Å². The van der Waals surface area contributed by atoms with Crippen molar-refractivity contribution in [1.29, 1.82) is 0 Å². The molecule has 1 heterocycles. The Morgan fingerprint density at radius 3 is 2.61 bits per heavy atom. The number of anilines is 1. The van der Waals surface area contributed by atoms with Crippen LogP contribution < -0.4 is 10.2 Å². The molecule has 0 bridgehead atoms. The van der Waals surface area contributed by atoms with E-state index in [1.54, 1.807) is 0 Å². The summed E-state index contributed by atoms with van der Waals surface area (Å²) in [7, 11) is 4.26. The highest BCUT2D eigenvalue weighted by Gasteiger charge is 2.25. The summed E-state index contributed by atoms with van der Waals surface area (Å²) in [6, 6.07) is 9.71. The molecular formula is C14H22BrN3. The molecule has 0 aliphatic carbocycles. The molecule has 100 valence electrons. The summed E-state index contributed by atoms with van der Waals surface area (Å²) in [6.45, 7) is 5.48. The Hall–Kier alpha value is -0.580. The number of hydrogen-bond acceptors (Lipinski definition) is 3. The molecule has 0 saturated carbocycles. The molecule has 1 saturated heterocycles. The maximum absolute atomic E-state index is 3.62. The second-order valence-electron chi connectivity index (χ2n) is 5.35. The number of nitrogens with one attached hydrogen (secondary N) is 1. The van der Waals surface area contributed by atoms with Gasteiger partial charge in [0, 0.05) is 41.9 Å². The van der Waals surface area contributed by atoms with Gasteiger partial charge >= 0.3 is 0 Å². The first-order chi connectivity index (χ1) is 8.56. The third kappa shape index (κ3) is 3.46. The topological polar surface area (TPSA) is 18.5 Å². The van der Waals surface area contributed by atoms with E-state index in [0.29, 0.717) is 12.1 Å². The SMILES string of the molecule is CC1CNC(CN(C)C)CN1c1ccc(Br)cc1. The van der Waals surface area contributed by atoms with Crippen molar-refractivity contribution in [3.63, 3.8) is 0 Å². The molecule has 1 aromatic carbocycles. The minimum absolute atomic E-state index is 0.542. The fraction of sp³-hybridized carbons (Fsp3) is 0.571. The molecule has 3 nitrogen and oxygen atoms in total. The molecule has 0 spiro atoms. The maximum Gasteiger partial charge on any atom is 0.0387 e. The summed E-state index contributed by atoms with van der Waals surface area (Å²) in [4.78, 5) is 4.74. The molecular weight excluding hydrogens is 290 g/mol. The van der Waals surface area contributed by atoms with Crippen LogP contribution in [0, 0.1) is 0 Å². The second kappa shape index (κ2) is 6.04. The van der Waals surface area contributed by atoms with E-state index in [2.05, 4.69) is 76.3 Å². The van der Waals surface area contributed by atoms with Crippen molar-refractivity contribution in [2.24, 2.45) is 0 Å². The number of nitrogens with zero attached hydrogens (tertiary/aromatic N) is 2. The van der Waals surface area contributed by atoms with Crippen LogP contribution in [0.4, 0.5) is 5.69 Å². The fourth-order valence-electron chi connectivity index (χ4n) is 2.48. The highest BCUT2D eigenvalue weighted by molar-refractivity contribution is 9.10. The van der Waals surface area contributed by atoms with Gasteiger partial charge in [0.05, 0.1) is 0 Å². The molecule has 2 atom stereocenters. The Labute approximate surface area is 118 Å². The number of rotatable bonds is 3. The van der Waals surface area contributed by atoms with Gasteiger partial charge in [-0.25, -0.2) is 0 Å². The van der Waals surface area contributed by atoms with Crippen molar-refractivity contribution in [1.82, 2.24) is 10.2 Å². The number of likely N-dealkylation sites (N-methyl/N-ethyl adjacent to an activating group) is 1. The van der Waals surface area contributed by atoms with Gasteiger partial charge in [-0.1, -0.05) is 15.9 Å². The molecule has 18 heavy (non-hydrogen) atoms. The van der Waals surface area contributed by atoms with E-state index < -0.39 is 0 Å². The molecule has 0 aromatic heterocycles. The summed E-state index contributed by atoms with van der Waals surface area (Å²) in [6.07, 6.45) is 0. The summed E-state index contributed by atoms with van der Waals surface area (Å²) >= 11 is 3.49. The van der Waals surface area contributed by atoms with E-state index in [1.165, 1.54) is 5.69 Å². The highest BCUT2D eigenvalue weighted by atomic mass is 79.9. The lowest BCUT2D eigenvalue weighted by Gasteiger charge is -2.41. The van der Waals surface area contributed by atoms with Gasteiger partial charge in [-0.05, 0) is 45.3 Å². The van der Waals surface area contributed by atoms with Crippen LogP contribution in [0.5, 0.6) is 0 Å². The van der Waals surface area contributed by atoms with Crippen molar-refractivity contribution in [3.05, 3.63) is 28.7 Å². The van der Waals surface area contributed by atoms with Crippen LogP contribution in [0.25, 0.3) is 0 Å². The fourth-order valence-corrected chi connectivity index (χ4v) is 2.75. The molecule has 1 fully saturated rings. The third-order valence-electron chi connectivity index (χ3n) is 3.39. The highest BCUT2D eigenvalue weighted by Crippen LogP contribution is 2.22. The Balaban J connectivity index is 2.07. The van der Waals surface area contributed by atoms with Gasteiger partial charge in [-0.15, -0.1) is 0 Å². The van der Waals surface area contributed by atoms with E-state index >= 15 is 0 Å². The lowest BCUT2D eigenvalue weighted by atomic mass is 10.1. The van der Waals surface area contributed by atoms with Crippen LogP contribution in [0.15, 0.2) is 28.7 Å². The average molecular weight is 312 g/mol. The number of hydrogen-bond donors (Lipinski definition) is 1. The van der Waals surface area contributed by atoms with Crippen LogP contribution in [0.1, 0.15) is 6.92 Å². The first-order valence-corrected chi connectivity index (χ1v) is 7.26. The zero-order valence-electron chi connectivity index (χ0n) is 11.4. The van der Waals surface area contributed by atoms with Crippen molar-refractivity contribution in [2.75, 3.05) is 38.6 Å². The van der Waals surface area contributed by atoms with E-state index in [1.807, 2.05) is 0 Å². The molecule has 0 radical (unpaired) electrons. The second-order valence-corrected chi connectivity index (χ2v) is 6.26. The molecule has 1 N–H and O–H groups in total. The Bertz CT molecular complexity index is 377. The van der Waals surface area contributed by atoms with Crippen LogP contribution in [0.3, 0.4) is 0 Å². The summed E-state index contributed by atoms with van der Waals surface area (Å²) in [5, 5.41) is 3.62. The molecule has 2 rings (SSSR count). The van der Waals surface area contributed by atoms with Gasteiger partial charge in [0.2, 0.25) is 0 Å². The predicted molar refractivity (Wildman–Crippen MR) is 81.3 cm³/mol. The molecule has 2 unspecified atom stereocenters. The van der Waals surface area contributed by atoms with Gasteiger partial charge in [0.1, 0.15) is 0 Å². The first-order valence-electron chi connectivity index (χ1n) is 6.46. The first kappa shape index (κ1) is 13.8. The van der Waals surface area contributed by atoms with E-state index in [0.717, 1.165) is 24.1 Å². The standard InChI is InChI=1S/C14H22BrN3/c1-11-8-16-13(9-17(2)3)10-18(11)14-6-4-12(15)5-7-14/h4-7,11,13,16H,8-10H2,1-3H3. The van der Waals surface area contributed by atoms with Gasteiger partial charge in [0.15, 0.2) is 0 Å². The van der Waals surface area contributed by atoms with Gasteiger partial charge in [-0.3, -0.25) is 0 Å². The van der Waals surface area contributed by atoms with Gasteiger partial charge in [-0.2, -0.15) is 0 Å². The molecule has 4 heteroatoms. The lowest BCUT2D eigenvalue weighted by molar-refractivity contribution is 0.307. The van der Waals surface area contributed by atoms with E-state index in [9.17, 15) is 0 Å². The normalized spacial score (nSPS) is 24.6. The van der Waals surface area contributed by atoms with Crippen molar-refractivity contribution >= 4 is 21.6 Å². The number of benzene rings is 1. The van der Waals surface area contributed by atoms with E-state index in [4.69, 9.17) is 0 Å². The minimum Gasteiger partial charge on any atom is -0.366 e. The van der Waals surface area contributed by atoms with Crippen LogP contribution in [0.2, 0.25) is 0 Å². The smallest absolute Gasteiger partial charge is 0.0387 e. The molecule has 1 aliphatic heterocycles. The van der Waals surface area contributed by atoms with Crippen LogP contribution in [-0.2, 0) is 0 Å². The zero-order chi connectivity index (χ0) is 13.1. The summed E-state index contributed by atoms with van der Waals surface area (Å²) in [5.41, 5.74) is 1.32. The average Bonchev–Trinajstić information content (AvgIpc) is 2.32. The Morgan fingerprint density at radius 2 is 2.00 bits per heavy atom. The lowest BCUT2D eigenvalue weighted by Crippen LogP contribution is -2.58. The largest absolute Gasteiger partial charge is 0.366 e. The van der Waals surface area contributed by atoms with Crippen LogP contribution in [-0.4, -0.2) is 50.7 Å². The Morgan fingerprint density at radius 1 is 1.33 bits per heavy atom. The monoisotopic (exact) mass is 311 g/mol. The van der Waals surface area contributed by atoms with Crippen LogP contribution >= 0.6 is 15.9 Å². The van der Waals surface area contributed by atoms with Crippen molar-refractivity contribution in [3.8, 4) is 0 Å². The minimum atomic E-state index is 0.542. The maximum atomic E-state index is 3.62. The van der Waals surface area contributed by atoms with E-state index in [-0.39, 0.29) is 0 Å².